The number of hydrogen-bond acceptors (Lipinski definition) is 2. The predicted molar refractivity (Wildman–Crippen MR) is 78.0 cm³/mol. The fraction of sp³-hybridized carbons (Fsp3) is 0.500. The van der Waals surface area contributed by atoms with Crippen molar-refractivity contribution >= 4 is 18.3 Å². The molecule has 3 nitrogen and oxygen atoms in total. The lowest BCUT2D eigenvalue weighted by Crippen LogP contribution is -2.28. The van der Waals surface area contributed by atoms with Crippen LogP contribution in [0.2, 0.25) is 0 Å². The topological polar surface area (TPSA) is 55.1 Å². The highest BCUT2D eigenvalue weighted by Crippen LogP contribution is 2.08. The molecule has 0 fully saturated rings. The van der Waals surface area contributed by atoms with Gasteiger partial charge in [-0.1, -0.05) is 29.8 Å². The number of rotatable bonds is 7. The number of nitrogens with one attached hydrogen (secondary N) is 1. The zero-order valence-electron chi connectivity index (χ0n) is 10.9. The van der Waals surface area contributed by atoms with Gasteiger partial charge >= 0.3 is 0 Å². The minimum atomic E-state index is 0. The zero-order valence-corrected chi connectivity index (χ0v) is 11.8. The highest BCUT2D eigenvalue weighted by atomic mass is 35.5. The molecule has 1 rings (SSSR count). The van der Waals surface area contributed by atoms with E-state index >= 15 is 0 Å². The lowest BCUT2D eigenvalue weighted by Gasteiger charge is -2.04. The molecule has 0 aromatic heterocycles. The Hall–Kier alpha value is -1.06. The Bertz CT molecular complexity index is 338. The van der Waals surface area contributed by atoms with E-state index < -0.39 is 0 Å². The van der Waals surface area contributed by atoms with Gasteiger partial charge in [-0.05, 0) is 31.7 Å². The molecule has 4 heteroatoms. The fourth-order valence-electron chi connectivity index (χ4n) is 1.67. The summed E-state index contributed by atoms with van der Waals surface area (Å²) in [5.41, 5.74) is 7.94. The van der Waals surface area contributed by atoms with Gasteiger partial charge in [0, 0.05) is 19.5 Å². The number of carbonyl (C=O) groups is 1. The van der Waals surface area contributed by atoms with Crippen molar-refractivity contribution in [2.45, 2.75) is 32.6 Å². The highest BCUT2D eigenvalue weighted by Gasteiger charge is 2.00. The highest BCUT2D eigenvalue weighted by molar-refractivity contribution is 5.85. The van der Waals surface area contributed by atoms with E-state index in [1.807, 2.05) is 0 Å². The molecule has 0 bridgehead atoms. The Morgan fingerprint density at radius 1 is 1.22 bits per heavy atom. The standard InChI is InChI=1S/C14H22N2O.ClH/c1-12-6-8-13(9-7-12)4-2-3-5-14(17)16-11-10-15;/h6-9H,2-5,10-11,15H2,1H3,(H,16,17);1H. The van der Waals surface area contributed by atoms with Crippen molar-refractivity contribution in [1.29, 1.82) is 0 Å². The molecule has 1 aromatic carbocycles. The van der Waals surface area contributed by atoms with E-state index in [-0.39, 0.29) is 18.3 Å². The Morgan fingerprint density at radius 3 is 2.50 bits per heavy atom. The maximum absolute atomic E-state index is 11.3. The minimum Gasteiger partial charge on any atom is -0.355 e. The first-order chi connectivity index (χ1) is 8.22. The van der Waals surface area contributed by atoms with E-state index in [2.05, 4.69) is 36.5 Å². The van der Waals surface area contributed by atoms with Crippen LogP contribution in [0.3, 0.4) is 0 Å². The number of amides is 1. The molecule has 0 aliphatic heterocycles. The second-order valence-electron chi connectivity index (χ2n) is 4.33. The number of nitrogens with two attached hydrogens (primary N) is 1. The lowest BCUT2D eigenvalue weighted by atomic mass is 10.1. The number of carbonyl (C=O) groups excluding carboxylic acids is 1. The molecule has 1 amide bonds. The van der Waals surface area contributed by atoms with Crippen LogP contribution in [0.4, 0.5) is 0 Å². The molecule has 0 aliphatic rings. The average Bonchev–Trinajstić information content (AvgIpc) is 2.34. The molecule has 0 radical (unpaired) electrons. The van der Waals surface area contributed by atoms with Gasteiger partial charge in [0.2, 0.25) is 5.91 Å². The summed E-state index contributed by atoms with van der Waals surface area (Å²) in [7, 11) is 0. The normalized spacial score (nSPS) is 9.67. The summed E-state index contributed by atoms with van der Waals surface area (Å²) in [6.07, 6.45) is 3.64. The van der Waals surface area contributed by atoms with Gasteiger partial charge in [0.1, 0.15) is 0 Å². The first-order valence-corrected chi connectivity index (χ1v) is 6.24. The average molecular weight is 271 g/mol. The SMILES string of the molecule is Cc1ccc(CCCCC(=O)NCCN)cc1.Cl. The van der Waals surface area contributed by atoms with Crippen molar-refractivity contribution in [3.05, 3.63) is 35.4 Å². The molecule has 1 aromatic rings. The van der Waals surface area contributed by atoms with Gasteiger partial charge in [-0.15, -0.1) is 12.4 Å². The van der Waals surface area contributed by atoms with E-state index in [1.165, 1.54) is 11.1 Å². The minimum absolute atomic E-state index is 0. The third kappa shape index (κ3) is 7.30. The first-order valence-electron chi connectivity index (χ1n) is 6.24. The van der Waals surface area contributed by atoms with Crippen LogP contribution >= 0.6 is 12.4 Å². The fourth-order valence-corrected chi connectivity index (χ4v) is 1.67. The molecule has 102 valence electrons. The van der Waals surface area contributed by atoms with Crippen LogP contribution in [-0.4, -0.2) is 19.0 Å². The van der Waals surface area contributed by atoms with Crippen LogP contribution in [0.1, 0.15) is 30.4 Å². The van der Waals surface area contributed by atoms with Crippen LogP contribution in [-0.2, 0) is 11.2 Å². The maximum atomic E-state index is 11.3. The van der Waals surface area contributed by atoms with Gasteiger partial charge < -0.3 is 11.1 Å². The molecule has 0 unspecified atom stereocenters. The van der Waals surface area contributed by atoms with Crippen LogP contribution in [0.15, 0.2) is 24.3 Å². The van der Waals surface area contributed by atoms with Crippen LogP contribution in [0.5, 0.6) is 0 Å². The summed E-state index contributed by atoms with van der Waals surface area (Å²) in [5.74, 6) is 0.111. The molecule has 0 aliphatic carbocycles. The number of benzene rings is 1. The summed E-state index contributed by atoms with van der Waals surface area (Å²) in [6.45, 7) is 3.18. The Labute approximate surface area is 116 Å². The molecular weight excluding hydrogens is 248 g/mol. The smallest absolute Gasteiger partial charge is 0.220 e. The van der Waals surface area contributed by atoms with Crippen molar-refractivity contribution in [3.8, 4) is 0 Å². The maximum Gasteiger partial charge on any atom is 0.220 e. The van der Waals surface area contributed by atoms with Crippen molar-refractivity contribution in [3.63, 3.8) is 0 Å². The third-order valence-corrected chi connectivity index (χ3v) is 2.71. The Balaban J connectivity index is 0.00000289. The first kappa shape index (κ1) is 16.9. The summed E-state index contributed by atoms with van der Waals surface area (Å²) in [5, 5.41) is 2.77. The number of unbranched alkanes of at least 4 members (excludes halogenated alkanes) is 1. The second-order valence-corrected chi connectivity index (χ2v) is 4.33. The zero-order chi connectivity index (χ0) is 12.5. The molecule has 18 heavy (non-hydrogen) atoms. The molecule has 0 saturated heterocycles. The number of halogens is 1. The van der Waals surface area contributed by atoms with Gasteiger partial charge in [-0.3, -0.25) is 4.79 Å². The predicted octanol–water partition coefficient (Wildman–Crippen LogP) is 2.20. The van der Waals surface area contributed by atoms with Crippen LogP contribution in [0, 0.1) is 6.92 Å². The number of aryl methyl sites for hydroxylation is 2. The molecule has 0 spiro atoms. The molecular formula is C14H23ClN2O. The van der Waals surface area contributed by atoms with Gasteiger partial charge in [0.15, 0.2) is 0 Å². The van der Waals surface area contributed by atoms with E-state index in [1.54, 1.807) is 0 Å². The summed E-state index contributed by atoms with van der Waals surface area (Å²) >= 11 is 0. The van der Waals surface area contributed by atoms with Crippen molar-refractivity contribution in [2.75, 3.05) is 13.1 Å². The van der Waals surface area contributed by atoms with Gasteiger partial charge in [-0.2, -0.15) is 0 Å². The van der Waals surface area contributed by atoms with E-state index in [4.69, 9.17) is 5.73 Å². The van der Waals surface area contributed by atoms with Gasteiger partial charge in [-0.25, -0.2) is 0 Å². The Morgan fingerprint density at radius 2 is 1.89 bits per heavy atom. The monoisotopic (exact) mass is 270 g/mol. The quantitative estimate of drug-likeness (QED) is 0.747. The summed E-state index contributed by atoms with van der Waals surface area (Å²) in [4.78, 5) is 11.3. The molecule has 0 atom stereocenters. The van der Waals surface area contributed by atoms with E-state index in [0.717, 1.165) is 19.3 Å². The van der Waals surface area contributed by atoms with Crippen LogP contribution in [0.25, 0.3) is 0 Å². The van der Waals surface area contributed by atoms with Crippen molar-refractivity contribution in [1.82, 2.24) is 5.32 Å². The number of hydrogen-bond donors (Lipinski definition) is 2. The van der Waals surface area contributed by atoms with Crippen LogP contribution < -0.4 is 11.1 Å². The molecule has 0 heterocycles. The Kier molecular flexibility index (Phi) is 9.33. The molecule has 0 saturated carbocycles. The van der Waals surface area contributed by atoms with E-state index in [0.29, 0.717) is 19.5 Å². The third-order valence-electron chi connectivity index (χ3n) is 2.71. The van der Waals surface area contributed by atoms with Gasteiger partial charge in [0.25, 0.3) is 0 Å². The summed E-state index contributed by atoms with van der Waals surface area (Å²) < 4.78 is 0. The largest absolute Gasteiger partial charge is 0.355 e. The summed E-state index contributed by atoms with van der Waals surface area (Å²) in [6, 6.07) is 8.57. The van der Waals surface area contributed by atoms with Gasteiger partial charge in [0.05, 0.1) is 0 Å². The van der Waals surface area contributed by atoms with E-state index in [9.17, 15) is 4.79 Å². The molecule has 3 N–H and O–H groups in total. The van der Waals surface area contributed by atoms with Crippen molar-refractivity contribution < 1.29 is 4.79 Å². The van der Waals surface area contributed by atoms with Crippen molar-refractivity contribution in [2.24, 2.45) is 5.73 Å². The second kappa shape index (κ2) is 9.92. The lowest BCUT2D eigenvalue weighted by molar-refractivity contribution is -0.121.